The smallest absolute Gasteiger partial charge is 0.0233 e. The Labute approximate surface area is 154 Å². The first-order valence-electron chi connectivity index (χ1n) is 10.5. The molecular weight excluding hydrogens is 304 g/mol. The van der Waals surface area contributed by atoms with Gasteiger partial charge in [-0.2, -0.15) is 0 Å². The molecule has 0 spiro atoms. The molecule has 0 saturated carbocycles. The summed E-state index contributed by atoms with van der Waals surface area (Å²) in [4.78, 5) is 5.37. The Bertz CT molecular complexity index is 528. The van der Waals surface area contributed by atoms with Gasteiger partial charge >= 0.3 is 0 Å². The molecule has 1 aromatic carbocycles. The molecule has 2 nitrogen and oxygen atoms in total. The molecule has 1 fully saturated rings. The minimum atomic E-state index is 0.791. The van der Waals surface area contributed by atoms with Gasteiger partial charge in [0.05, 0.1) is 0 Å². The number of nitrogens with zero attached hydrogens (tertiary/aromatic N) is 2. The van der Waals surface area contributed by atoms with Crippen LogP contribution in [0.3, 0.4) is 0 Å². The van der Waals surface area contributed by atoms with Crippen molar-refractivity contribution in [2.75, 3.05) is 32.7 Å². The van der Waals surface area contributed by atoms with Gasteiger partial charge in [-0.25, -0.2) is 0 Å². The molecule has 25 heavy (non-hydrogen) atoms. The van der Waals surface area contributed by atoms with E-state index in [2.05, 4.69) is 60.1 Å². The van der Waals surface area contributed by atoms with E-state index in [4.69, 9.17) is 0 Å². The fourth-order valence-corrected chi connectivity index (χ4v) is 4.51. The molecule has 1 unspecified atom stereocenters. The van der Waals surface area contributed by atoms with Crippen LogP contribution in [0.15, 0.2) is 42.0 Å². The maximum absolute atomic E-state index is 2.73. The standard InChI is InChI=1S/C23H36N2/c1-3-5-13-25-17-20(4-2)16-23(19-25)22-11-14-24(15-12-22)18-21-9-7-6-8-10-21/h6-10,16,22-23H,3-5,11-15,17-19H2,1-2H3. The SMILES string of the molecule is CCCCN1CC(CC)=CC(C2CCN(Cc3ccccc3)CC2)C1. The van der Waals surface area contributed by atoms with E-state index in [-0.39, 0.29) is 0 Å². The Hall–Kier alpha value is -1.12. The van der Waals surface area contributed by atoms with Gasteiger partial charge in [0, 0.05) is 19.6 Å². The van der Waals surface area contributed by atoms with Crippen LogP contribution in [0.1, 0.15) is 51.5 Å². The van der Waals surface area contributed by atoms with Crippen LogP contribution in [0.25, 0.3) is 0 Å². The normalized spacial score (nSPS) is 23.6. The van der Waals surface area contributed by atoms with E-state index in [0.29, 0.717) is 0 Å². The molecule has 0 amide bonds. The zero-order valence-corrected chi connectivity index (χ0v) is 16.3. The van der Waals surface area contributed by atoms with Gasteiger partial charge in [-0.1, -0.05) is 62.2 Å². The summed E-state index contributed by atoms with van der Waals surface area (Å²) in [5, 5.41) is 0. The topological polar surface area (TPSA) is 6.48 Å². The number of rotatable bonds is 7. The number of hydrogen-bond acceptors (Lipinski definition) is 2. The minimum Gasteiger partial charge on any atom is -0.299 e. The summed E-state index contributed by atoms with van der Waals surface area (Å²) in [5.41, 5.74) is 3.14. The summed E-state index contributed by atoms with van der Waals surface area (Å²) in [6, 6.07) is 10.9. The fraction of sp³-hybridized carbons (Fsp3) is 0.652. The second kappa shape index (κ2) is 9.54. The molecule has 1 aromatic rings. The quantitative estimate of drug-likeness (QED) is 0.647. The lowest BCUT2D eigenvalue weighted by Crippen LogP contribution is -2.42. The van der Waals surface area contributed by atoms with Crippen molar-refractivity contribution in [2.24, 2.45) is 11.8 Å². The van der Waals surface area contributed by atoms with E-state index in [1.54, 1.807) is 5.57 Å². The average Bonchev–Trinajstić information content (AvgIpc) is 2.67. The monoisotopic (exact) mass is 340 g/mol. The summed E-state index contributed by atoms with van der Waals surface area (Å²) in [5.74, 6) is 1.68. The molecule has 0 N–H and O–H groups in total. The predicted molar refractivity (Wildman–Crippen MR) is 108 cm³/mol. The van der Waals surface area contributed by atoms with Gasteiger partial charge in [0.2, 0.25) is 0 Å². The lowest BCUT2D eigenvalue weighted by atomic mass is 9.80. The summed E-state index contributed by atoms with van der Waals surface area (Å²) < 4.78 is 0. The van der Waals surface area contributed by atoms with Crippen LogP contribution in [0, 0.1) is 11.8 Å². The lowest BCUT2D eigenvalue weighted by molar-refractivity contribution is 0.128. The lowest BCUT2D eigenvalue weighted by Gasteiger charge is -2.40. The third-order valence-electron chi connectivity index (χ3n) is 6.11. The van der Waals surface area contributed by atoms with Gasteiger partial charge in [-0.15, -0.1) is 0 Å². The molecule has 138 valence electrons. The van der Waals surface area contributed by atoms with Crippen LogP contribution in [0.4, 0.5) is 0 Å². The molecule has 0 bridgehead atoms. The highest BCUT2D eigenvalue weighted by Crippen LogP contribution is 2.31. The summed E-state index contributed by atoms with van der Waals surface area (Å²) in [6.45, 7) is 12.1. The molecule has 2 aliphatic rings. The second-order valence-electron chi connectivity index (χ2n) is 8.03. The van der Waals surface area contributed by atoms with Gasteiger partial charge in [0.15, 0.2) is 0 Å². The van der Waals surface area contributed by atoms with E-state index in [1.807, 2.05) is 0 Å². The Morgan fingerprint density at radius 2 is 1.76 bits per heavy atom. The van der Waals surface area contributed by atoms with Gasteiger partial charge in [-0.3, -0.25) is 9.80 Å². The van der Waals surface area contributed by atoms with Crippen molar-refractivity contribution in [3.05, 3.63) is 47.5 Å². The van der Waals surface area contributed by atoms with Crippen molar-refractivity contribution < 1.29 is 0 Å². The highest BCUT2D eigenvalue weighted by molar-refractivity contribution is 5.15. The van der Waals surface area contributed by atoms with Crippen molar-refractivity contribution in [2.45, 2.75) is 52.5 Å². The van der Waals surface area contributed by atoms with Crippen LogP contribution in [-0.4, -0.2) is 42.5 Å². The third-order valence-corrected chi connectivity index (χ3v) is 6.11. The molecule has 0 radical (unpaired) electrons. The fourth-order valence-electron chi connectivity index (χ4n) is 4.51. The third kappa shape index (κ3) is 5.43. The van der Waals surface area contributed by atoms with Crippen molar-refractivity contribution in [3.8, 4) is 0 Å². The molecule has 2 heteroatoms. The number of piperidine rings is 1. The van der Waals surface area contributed by atoms with E-state index in [0.717, 1.165) is 18.4 Å². The van der Waals surface area contributed by atoms with Crippen LogP contribution in [-0.2, 0) is 6.54 Å². The van der Waals surface area contributed by atoms with Crippen molar-refractivity contribution in [1.82, 2.24) is 9.80 Å². The molecule has 1 saturated heterocycles. The van der Waals surface area contributed by atoms with E-state index in [9.17, 15) is 0 Å². The number of benzene rings is 1. The van der Waals surface area contributed by atoms with Crippen molar-refractivity contribution >= 4 is 0 Å². The first kappa shape index (κ1) is 18.7. The van der Waals surface area contributed by atoms with Crippen LogP contribution in [0.5, 0.6) is 0 Å². The minimum absolute atomic E-state index is 0.791. The van der Waals surface area contributed by atoms with Gasteiger partial charge < -0.3 is 0 Å². The Kier molecular flexibility index (Phi) is 7.12. The van der Waals surface area contributed by atoms with Crippen molar-refractivity contribution in [3.63, 3.8) is 0 Å². The van der Waals surface area contributed by atoms with E-state index >= 15 is 0 Å². The first-order chi connectivity index (χ1) is 12.3. The summed E-state index contributed by atoms with van der Waals surface area (Å²) in [6.07, 6.45) is 9.27. The van der Waals surface area contributed by atoms with Crippen LogP contribution in [0.2, 0.25) is 0 Å². The van der Waals surface area contributed by atoms with Gasteiger partial charge in [0.1, 0.15) is 0 Å². The van der Waals surface area contributed by atoms with E-state index < -0.39 is 0 Å². The highest BCUT2D eigenvalue weighted by atomic mass is 15.1. The Morgan fingerprint density at radius 1 is 1.00 bits per heavy atom. The molecule has 0 aromatic heterocycles. The zero-order chi connectivity index (χ0) is 17.5. The van der Waals surface area contributed by atoms with Crippen molar-refractivity contribution in [1.29, 1.82) is 0 Å². The zero-order valence-electron chi connectivity index (χ0n) is 16.3. The predicted octanol–water partition coefficient (Wildman–Crippen LogP) is 4.97. The summed E-state index contributed by atoms with van der Waals surface area (Å²) in [7, 11) is 0. The van der Waals surface area contributed by atoms with E-state index in [1.165, 1.54) is 70.4 Å². The number of hydrogen-bond donors (Lipinski definition) is 0. The molecule has 2 aliphatic heterocycles. The first-order valence-corrected chi connectivity index (χ1v) is 10.5. The maximum atomic E-state index is 2.73. The number of unbranched alkanes of at least 4 members (excludes halogenated alkanes) is 1. The van der Waals surface area contributed by atoms with Gasteiger partial charge in [-0.05, 0) is 62.7 Å². The summed E-state index contributed by atoms with van der Waals surface area (Å²) >= 11 is 0. The Balaban J connectivity index is 1.52. The Morgan fingerprint density at radius 3 is 2.44 bits per heavy atom. The van der Waals surface area contributed by atoms with Gasteiger partial charge in [0.25, 0.3) is 0 Å². The second-order valence-corrected chi connectivity index (χ2v) is 8.03. The highest BCUT2D eigenvalue weighted by Gasteiger charge is 2.29. The maximum Gasteiger partial charge on any atom is 0.0233 e. The van der Waals surface area contributed by atoms with Crippen LogP contribution >= 0.6 is 0 Å². The molecule has 0 aliphatic carbocycles. The van der Waals surface area contributed by atoms with Crippen LogP contribution < -0.4 is 0 Å². The number of likely N-dealkylation sites (tertiary alicyclic amines) is 1. The molecule has 3 rings (SSSR count). The molecule has 1 atom stereocenters. The molecular formula is C23H36N2. The molecule has 2 heterocycles. The largest absolute Gasteiger partial charge is 0.299 e. The average molecular weight is 341 g/mol.